The molecule has 0 spiro atoms. The van der Waals surface area contributed by atoms with E-state index in [-0.39, 0.29) is 25.5 Å². The Bertz CT molecular complexity index is 458. The standard InChI is InChI=1S/C10H14N4O4/c1-2-9-12-7(13-18-9)4-14-5-8(15)11-3-6(14)10(16)17/h6H,2-5H2,1H3,(H,11,15)(H,16,17). The van der Waals surface area contributed by atoms with Crippen molar-refractivity contribution in [2.24, 2.45) is 0 Å². The van der Waals surface area contributed by atoms with Gasteiger partial charge in [-0.05, 0) is 0 Å². The maximum Gasteiger partial charge on any atom is 0.322 e. The van der Waals surface area contributed by atoms with Crippen LogP contribution in [-0.4, -0.2) is 51.2 Å². The molecule has 0 bridgehead atoms. The Labute approximate surface area is 103 Å². The van der Waals surface area contributed by atoms with Gasteiger partial charge < -0.3 is 14.9 Å². The van der Waals surface area contributed by atoms with Crippen LogP contribution < -0.4 is 5.32 Å². The molecule has 2 rings (SSSR count). The van der Waals surface area contributed by atoms with E-state index < -0.39 is 12.0 Å². The third-order valence-electron chi connectivity index (χ3n) is 2.72. The number of amides is 1. The topological polar surface area (TPSA) is 109 Å². The molecule has 1 aliphatic heterocycles. The summed E-state index contributed by atoms with van der Waals surface area (Å²) < 4.78 is 4.94. The molecule has 98 valence electrons. The summed E-state index contributed by atoms with van der Waals surface area (Å²) in [4.78, 5) is 28.0. The van der Waals surface area contributed by atoms with Gasteiger partial charge in [-0.2, -0.15) is 4.98 Å². The van der Waals surface area contributed by atoms with Crippen molar-refractivity contribution in [1.29, 1.82) is 0 Å². The average Bonchev–Trinajstić information content (AvgIpc) is 2.76. The minimum Gasteiger partial charge on any atom is -0.480 e. The molecule has 0 aromatic carbocycles. The number of hydrogen-bond acceptors (Lipinski definition) is 6. The lowest BCUT2D eigenvalue weighted by molar-refractivity contribution is -0.146. The van der Waals surface area contributed by atoms with E-state index in [4.69, 9.17) is 9.63 Å². The summed E-state index contributed by atoms with van der Waals surface area (Å²) in [7, 11) is 0. The van der Waals surface area contributed by atoms with Crippen LogP contribution in [0.15, 0.2) is 4.52 Å². The van der Waals surface area contributed by atoms with Crippen molar-refractivity contribution in [2.45, 2.75) is 25.9 Å². The van der Waals surface area contributed by atoms with Crippen LogP contribution in [-0.2, 0) is 22.6 Å². The van der Waals surface area contributed by atoms with Gasteiger partial charge in [-0.25, -0.2) is 0 Å². The van der Waals surface area contributed by atoms with Gasteiger partial charge in [-0.1, -0.05) is 12.1 Å². The smallest absolute Gasteiger partial charge is 0.322 e. The SMILES string of the molecule is CCc1nc(CN2CC(=O)NCC2C(=O)O)no1. The molecule has 2 heterocycles. The van der Waals surface area contributed by atoms with Crippen molar-refractivity contribution < 1.29 is 19.2 Å². The molecule has 0 saturated carbocycles. The molecule has 1 saturated heterocycles. The van der Waals surface area contributed by atoms with Gasteiger partial charge in [0.25, 0.3) is 0 Å². The van der Waals surface area contributed by atoms with Crippen LogP contribution in [0.4, 0.5) is 0 Å². The van der Waals surface area contributed by atoms with Crippen molar-refractivity contribution >= 4 is 11.9 Å². The van der Waals surface area contributed by atoms with Crippen LogP contribution in [0.2, 0.25) is 0 Å². The fourth-order valence-corrected chi connectivity index (χ4v) is 1.78. The van der Waals surface area contributed by atoms with Crippen molar-refractivity contribution in [2.75, 3.05) is 13.1 Å². The number of carboxylic acid groups (broad SMARTS) is 1. The fraction of sp³-hybridized carbons (Fsp3) is 0.600. The molecule has 0 aliphatic carbocycles. The molecular formula is C10H14N4O4. The zero-order chi connectivity index (χ0) is 13.1. The van der Waals surface area contributed by atoms with Crippen LogP contribution in [0.3, 0.4) is 0 Å². The van der Waals surface area contributed by atoms with E-state index in [9.17, 15) is 9.59 Å². The van der Waals surface area contributed by atoms with Gasteiger partial charge in [0.1, 0.15) is 6.04 Å². The summed E-state index contributed by atoms with van der Waals surface area (Å²) in [6, 6.07) is -0.758. The highest BCUT2D eigenvalue weighted by atomic mass is 16.5. The molecule has 0 radical (unpaired) electrons. The lowest BCUT2D eigenvalue weighted by atomic mass is 10.2. The number of aromatic nitrogens is 2. The number of rotatable bonds is 4. The Hall–Kier alpha value is -1.96. The molecule has 2 N–H and O–H groups in total. The summed E-state index contributed by atoms with van der Waals surface area (Å²) in [5, 5.41) is 15.3. The quantitative estimate of drug-likeness (QED) is 0.710. The molecule has 1 atom stereocenters. The Kier molecular flexibility index (Phi) is 3.56. The predicted octanol–water partition coefficient (Wildman–Crippen LogP) is -0.983. The summed E-state index contributed by atoms with van der Waals surface area (Å²) in [5.74, 6) is -0.285. The molecular weight excluding hydrogens is 240 g/mol. The van der Waals surface area contributed by atoms with Crippen LogP contribution in [0, 0.1) is 0 Å². The summed E-state index contributed by atoms with van der Waals surface area (Å²) in [5.41, 5.74) is 0. The molecule has 18 heavy (non-hydrogen) atoms. The molecule has 1 amide bonds. The molecule has 8 heteroatoms. The Morgan fingerprint density at radius 2 is 2.44 bits per heavy atom. The molecule has 1 aliphatic rings. The fourth-order valence-electron chi connectivity index (χ4n) is 1.78. The second-order valence-corrected chi connectivity index (χ2v) is 4.02. The third kappa shape index (κ3) is 2.65. The molecule has 1 unspecified atom stereocenters. The van der Waals surface area contributed by atoms with E-state index in [0.717, 1.165) is 0 Å². The Balaban J connectivity index is 2.08. The highest BCUT2D eigenvalue weighted by molar-refractivity contribution is 5.83. The number of aryl methyl sites for hydroxylation is 1. The van der Waals surface area contributed by atoms with E-state index in [2.05, 4.69) is 15.5 Å². The number of nitrogens with one attached hydrogen (secondary N) is 1. The zero-order valence-corrected chi connectivity index (χ0v) is 9.92. The van der Waals surface area contributed by atoms with Crippen LogP contribution in [0.1, 0.15) is 18.6 Å². The number of carbonyl (C=O) groups excluding carboxylic acids is 1. The predicted molar refractivity (Wildman–Crippen MR) is 58.5 cm³/mol. The van der Waals surface area contributed by atoms with Gasteiger partial charge in [-0.15, -0.1) is 0 Å². The van der Waals surface area contributed by atoms with Gasteiger partial charge in [0, 0.05) is 13.0 Å². The van der Waals surface area contributed by atoms with E-state index in [1.54, 1.807) is 0 Å². The first kappa shape index (κ1) is 12.5. The minimum absolute atomic E-state index is 0.0208. The van der Waals surface area contributed by atoms with E-state index in [1.807, 2.05) is 6.92 Å². The molecule has 8 nitrogen and oxygen atoms in total. The highest BCUT2D eigenvalue weighted by Gasteiger charge is 2.32. The Morgan fingerprint density at radius 3 is 3.06 bits per heavy atom. The number of nitrogens with zero attached hydrogens (tertiary/aromatic N) is 3. The summed E-state index contributed by atoms with van der Waals surface area (Å²) in [6.45, 7) is 2.18. The van der Waals surface area contributed by atoms with Gasteiger partial charge in [-0.3, -0.25) is 14.5 Å². The average molecular weight is 254 g/mol. The third-order valence-corrected chi connectivity index (χ3v) is 2.72. The van der Waals surface area contributed by atoms with Crippen LogP contribution in [0.25, 0.3) is 0 Å². The van der Waals surface area contributed by atoms with Crippen molar-refractivity contribution in [1.82, 2.24) is 20.4 Å². The van der Waals surface area contributed by atoms with Gasteiger partial charge in [0.05, 0.1) is 13.1 Å². The second kappa shape index (κ2) is 5.13. The van der Waals surface area contributed by atoms with Crippen LogP contribution in [0.5, 0.6) is 0 Å². The van der Waals surface area contributed by atoms with E-state index in [0.29, 0.717) is 18.1 Å². The monoisotopic (exact) mass is 254 g/mol. The first-order valence-corrected chi connectivity index (χ1v) is 5.65. The van der Waals surface area contributed by atoms with E-state index >= 15 is 0 Å². The highest BCUT2D eigenvalue weighted by Crippen LogP contribution is 2.09. The van der Waals surface area contributed by atoms with Gasteiger partial charge in [0.15, 0.2) is 5.82 Å². The lowest BCUT2D eigenvalue weighted by Gasteiger charge is -2.31. The summed E-state index contributed by atoms with van der Waals surface area (Å²) in [6.07, 6.45) is 0.621. The van der Waals surface area contributed by atoms with E-state index in [1.165, 1.54) is 4.90 Å². The molecule has 1 aromatic rings. The number of hydrogen-bond donors (Lipinski definition) is 2. The second-order valence-electron chi connectivity index (χ2n) is 4.02. The normalized spacial score (nSPS) is 20.7. The van der Waals surface area contributed by atoms with Crippen molar-refractivity contribution in [3.8, 4) is 0 Å². The zero-order valence-electron chi connectivity index (χ0n) is 9.92. The number of carbonyl (C=O) groups is 2. The first-order valence-electron chi connectivity index (χ1n) is 5.65. The van der Waals surface area contributed by atoms with Crippen LogP contribution >= 0.6 is 0 Å². The molecule has 1 fully saturated rings. The summed E-state index contributed by atoms with van der Waals surface area (Å²) >= 11 is 0. The van der Waals surface area contributed by atoms with Crippen molar-refractivity contribution in [3.63, 3.8) is 0 Å². The maximum atomic E-state index is 11.3. The minimum atomic E-state index is -0.978. The number of piperazine rings is 1. The Morgan fingerprint density at radius 1 is 1.67 bits per heavy atom. The van der Waals surface area contributed by atoms with Gasteiger partial charge in [0.2, 0.25) is 11.8 Å². The first-order chi connectivity index (χ1) is 8.60. The number of aliphatic carboxylic acids is 1. The largest absolute Gasteiger partial charge is 0.480 e. The maximum absolute atomic E-state index is 11.3. The van der Waals surface area contributed by atoms with Crippen molar-refractivity contribution in [3.05, 3.63) is 11.7 Å². The molecule has 1 aromatic heterocycles. The lowest BCUT2D eigenvalue weighted by Crippen LogP contribution is -2.57. The number of carboxylic acids is 1. The van der Waals surface area contributed by atoms with Gasteiger partial charge >= 0.3 is 5.97 Å².